The molecule has 1 aliphatic heterocycles. The van der Waals surface area contributed by atoms with E-state index in [0.717, 1.165) is 25.1 Å². The van der Waals surface area contributed by atoms with E-state index in [0.29, 0.717) is 12.3 Å². The number of methoxy groups -OCH3 is 1. The Morgan fingerprint density at radius 2 is 2.47 bits per heavy atom. The highest BCUT2D eigenvalue weighted by Crippen LogP contribution is 2.34. The zero-order chi connectivity index (χ0) is 10.9. The Morgan fingerprint density at radius 3 is 3.07 bits per heavy atom. The van der Waals surface area contributed by atoms with Crippen LogP contribution in [0.5, 0.6) is 5.75 Å². The van der Waals surface area contributed by atoms with Crippen molar-refractivity contribution < 1.29 is 9.84 Å². The second-order valence-electron chi connectivity index (χ2n) is 4.00. The summed E-state index contributed by atoms with van der Waals surface area (Å²) in [5.74, 6) is 0.656. The summed E-state index contributed by atoms with van der Waals surface area (Å²) in [4.78, 5) is 0. The molecule has 2 rings (SSSR count). The van der Waals surface area contributed by atoms with Crippen LogP contribution >= 0.6 is 0 Å². The summed E-state index contributed by atoms with van der Waals surface area (Å²) in [5, 5.41) is 17.8. The summed E-state index contributed by atoms with van der Waals surface area (Å²) < 4.78 is 6.90. The van der Waals surface area contributed by atoms with Gasteiger partial charge in [-0.1, -0.05) is 0 Å². The van der Waals surface area contributed by atoms with Crippen molar-refractivity contribution in [3.8, 4) is 5.75 Å². The van der Waals surface area contributed by atoms with E-state index in [-0.39, 0.29) is 0 Å². The monoisotopic (exact) mass is 211 g/mol. The lowest BCUT2D eigenvalue weighted by atomic mass is 9.90. The molecule has 5 heteroatoms. The number of aliphatic hydroxyl groups is 1. The van der Waals surface area contributed by atoms with Gasteiger partial charge in [0.1, 0.15) is 11.3 Å². The van der Waals surface area contributed by atoms with Gasteiger partial charge >= 0.3 is 0 Å². The standard InChI is InChI=1S/C10H17N3O2/c1-13-9(8(15-2)6-12-13)10(14)4-3-5-11-7-10/h6,11,14H,3-5,7H2,1-2H3. The van der Waals surface area contributed by atoms with Gasteiger partial charge in [-0.2, -0.15) is 5.10 Å². The molecule has 0 amide bonds. The van der Waals surface area contributed by atoms with Crippen molar-refractivity contribution in [2.24, 2.45) is 7.05 Å². The molecule has 0 spiro atoms. The Bertz CT molecular complexity index is 342. The van der Waals surface area contributed by atoms with Gasteiger partial charge in [-0.15, -0.1) is 0 Å². The molecule has 1 aromatic heterocycles. The van der Waals surface area contributed by atoms with Crippen LogP contribution < -0.4 is 10.1 Å². The summed E-state index contributed by atoms with van der Waals surface area (Å²) in [6.45, 7) is 1.52. The number of nitrogens with zero attached hydrogens (tertiary/aromatic N) is 2. The second kappa shape index (κ2) is 3.83. The lowest BCUT2D eigenvalue weighted by Gasteiger charge is -2.33. The minimum absolute atomic E-state index is 0.558. The van der Waals surface area contributed by atoms with Crippen LogP contribution in [0.4, 0.5) is 0 Å². The highest BCUT2D eigenvalue weighted by atomic mass is 16.5. The fraction of sp³-hybridized carbons (Fsp3) is 0.700. The van der Waals surface area contributed by atoms with Crippen molar-refractivity contribution in [3.05, 3.63) is 11.9 Å². The van der Waals surface area contributed by atoms with E-state index in [2.05, 4.69) is 10.4 Å². The van der Waals surface area contributed by atoms with Crippen molar-refractivity contribution in [1.82, 2.24) is 15.1 Å². The van der Waals surface area contributed by atoms with Crippen LogP contribution in [0.2, 0.25) is 0 Å². The van der Waals surface area contributed by atoms with Crippen molar-refractivity contribution >= 4 is 0 Å². The Morgan fingerprint density at radius 1 is 1.67 bits per heavy atom. The fourth-order valence-electron chi connectivity index (χ4n) is 2.19. The lowest BCUT2D eigenvalue weighted by Crippen LogP contribution is -2.44. The van der Waals surface area contributed by atoms with Crippen LogP contribution in [0.1, 0.15) is 18.5 Å². The molecule has 1 atom stereocenters. The molecule has 2 N–H and O–H groups in total. The molecule has 0 radical (unpaired) electrons. The Balaban J connectivity index is 2.37. The van der Waals surface area contributed by atoms with Gasteiger partial charge in [0.25, 0.3) is 0 Å². The van der Waals surface area contributed by atoms with E-state index >= 15 is 0 Å². The summed E-state index contributed by atoms with van der Waals surface area (Å²) in [6, 6.07) is 0. The number of aromatic nitrogens is 2. The number of nitrogens with one attached hydrogen (secondary N) is 1. The largest absolute Gasteiger partial charge is 0.493 e. The number of hydrogen-bond donors (Lipinski definition) is 2. The van der Waals surface area contributed by atoms with Crippen molar-refractivity contribution in [3.63, 3.8) is 0 Å². The molecule has 0 aliphatic carbocycles. The molecular formula is C10H17N3O2. The average Bonchev–Trinajstić information content (AvgIpc) is 2.61. The van der Waals surface area contributed by atoms with Gasteiger partial charge in [-0.05, 0) is 19.4 Å². The van der Waals surface area contributed by atoms with Crippen LogP contribution in [0.25, 0.3) is 0 Å². The molecule has 84 valence electrons. The predicted molar refractivity (Wildman–Crippen MR) is 55.8 cm³/mol. The molecule has 1 saturated heterocycles. The highest BCUT2D eigenvalue weighted by molar-refractivity contribution is 5.31. The normalized spacial score (nSPS) is 26.6. The van der Waals surface area contributed by atoms with Crippen molar-refractivity contribution in [2.75, 3.05) is 20.2 Å². The third-order valence-electron chi connectivity index (χ3n) is 2.93. The molecule has 2 heterocycles. The Kier molecular flexibility index (Phi) is 2.67. The van der Waals surface area contributed by atoms with Gasteiger partial charge in [-0.25, -0.2) is 0 Å². The first-order valence-electron chi connectivity index (χ1n) is 5.17. The van der Waals surface area contributed by atoms with Gasteiger partial charge < -0.3 is 15.2 Å². The first-order valence-corrected chi connectivity index (χ1v) is 5.17. The lowest BCUT2D eigenvalue weighted by molar-refractivity contribution is 0.00280. The van der Waals surface area contributed by atoms with Gasteiger partial charge in [0.15, 0.2) is 5.75 Å². The molecule has 0 saturated carbocycles. The highest BCUT2D eigenvalue weighted by Gasteiger charge is 2.36. The van der Waals surface area contributed by atoms with E-state index in [1.807, 2.05) is 7.05 Å². The number of piperidine rings is 1. The smallest absolute Gasteiger partial charge is 0.162 e. The van der Waals surface area contributed by atoms with Gasteiger partial charge in [0, 0.05) is 13.6 Å². The van der Waals surface area contributed by atoms with E-state index in [9.17, 15) is 5.11 Å². The Labute approximate surface area is 89.0 Å². The molecule has 5 nitrogen and oxygen atoms in total. The molecule has 1 aliphatic rings. The minimum atomic E-state index is -0.852. The molecule has 0 aromatic carbocycles. The van der Waals surface area contributed by atoms with Crippen LogP contribution in [0.3, 0.4) is 0 Å². The molecule has 1 unspecified atom stereocenters. The number of β-amino-alcohol motifs (C(OH)–C–C–N with tert-alkyl or cyclic N) is 1. The van der Waals surface area contributed by atoms with E-state index in [1.54, 1.807) is 18.0 Å². The van der Waals surface area contributed by atoms with E-state index in [1.165, 1.54) is 0 Å². The fourth-order valence-corrected chi connectivity index (χ4v) is 2.19. The quantitative estimate of drug-likeness (QED) is 0.723. The van der Waals surface area contributed by atoms with E-state index in [4.69, 9.17) is 4.74 Å². The van der Waals surface area contributed by atoms with Gasteiger partial charge in [0.05, 0.1) is 13.3 Å². The van der Waals surface area contributed by atoms with Crippen LogP contribution in [-0.4, -0.2) is 35.1 Å². The van der Waals surface area contributed by atoms with E-state index < -0.39 is 5.60 Å². The first-order chi connectivity index (χ1) is 7.17. The van der Waals surface area contributed by atoms with Crippen LogP contribution in [-0.2, 0) is 12.6 Å². The number of hydrogen-bond acceptors (Lipinski definition) is 4. The molecule has 1 fully saturated rings. The zero-order valence-electron chi connectivity index (χ0n) is 9.16. The van der Waals surface area contributed by atoms with Gasteiger partial charge in [-0.3, -0.25) is 4.68 Å². The maximum atomic E-state index is 10.5. The second-order valence-corrected chi connectivity index (χ2v) is 4.00. The third-order valence-corrected chi connectivity index (χ3v) is 2.93. The average molecular weight is 211 g/mol. The zero-order valence-corrected chi connectivity index (χ0v) is 9.16. The number of rotatable bonds is 2. The molecule has 0 bridgehead atoms. The maximum absolute atomic E-state index is 10.5. The molecular weight excluding hydrogens is 194 g/mol. The topological polar surface area (TPSA) is 59.3 Å². The third kappa shape index (κ3) is 1.72. The summed E-state index contributed by atoms with van der Waals surface area (Å²) in [6.07, 6.45) is 3.35. The minimum Gasteiger partial charge on any atom is -0.493 e. The van der Waals surface area contributed by atoms with Crippen LogP contribution in [0.15, 0.2) is 6.20 Å². The predicted octanol–water partition coefficient (Wildman–Crippen LogP) is -0.000300. The first kappa shape index (κ1) is 10.4. The molecule has 1 aromatic rings. The van der Waals surface area contributed by atoms with Crippen molar-refractivity contribution in [1.29, 1.82) is 0 Å². The van der Waals surface area contributed by atoms with Gasteiger partial charge in [0.2, 0.25) is 0 Å². The molecule has 15 heavy (non-hydrogen) atoms. The van der Waals surface area contributed by atoms with Crippen molar-refractivity contribution in [2.45, 2.75) is 18.4 Å². The maximum Gasteiger partial charge on any atom is 0.162 e. The number of ether oxygens (including phenoxy) is 1. The number of aryl methyl sites for hydroxylation is 1. The SMILES string of the molecule is COc1cnn(C)c1C1(O)CCCNC1. The summed E-state index contributed by atoms with van der Waals surface area (Å²) >= 11 is 0. The Hall–Kier alpha value is -1.07. The van der Waals surface area contributed by atoms with Crippen LogP contribution in [0, 0.1) is 0 Å². The summed E-state index contributed by atoms with van der Waals surface area (Å²) in [5.41, 5.74) is -0.0910. The summed E-state index contributed by atoms with van der Waals surface area (Å²) in [7, 11) is 3.42.